The van der Waals surface area contributed by atoms with Gasteiger partial charge in [0.15, 0.2) is 5.43 Å². The molecule has 4 heteroatoms. The van der Waals surface area contributed by atoms with E-state index in [0.717, 1.165) is 16.8 Å². The number of fused-ring (bicyclic) bond motifs is 1. The molecule has 1 aromatic heterocycles. The van der Waals surface area contributed by atoms with Gasteiger partial charge in [0.1, 0.15) is 0 Å². The second kappa shape index (κ2) is 4.52. The van der Waals surface area contributed by atoms with E-state index in [2.05, 4.69) is 0 Å². The summed E-state index contributed by atoms with van der Waals surface area (Å²) in [5.41, 5.74) is 1.72. The summed E-state index contributed by atoms with van der Waals surface area (Å²) in [6, 6.07) is 5.44. The largest absolute Gasteiger partial charge is 0.349 e. The van der Waals surface area contributed by atoms with Crippen LogP contribution in [0.15, 0.2) is 29.2 Å². The van der Waals surface area contributed by atoms with Gasteiger partial charge in [-0.05, 0) is 18.4 Å². The molecule has 0 spiro atoms. The molecule has 0 aliphatic rings. The third-order valence-corrected chi connectivity index (χ3v) is 3.43. The highest BCUT2D eigenvalue weighted by Gasteiger charge is 2.08. The molecule has 0 atom stereocenters. The number of aromatic nitrogens is 1. The van der Waals surface area contributed by atoms with Crippen LogP contribution in [0.2, 0.25) is 5.02 Å². The van der Waals surface area contributed by atoms with Crippen molar-refractivity contribution in [3.05, 3.63) is 45.2 Å². The normalized spacial score (nSPS) is 10.9. The maximum Gasteiger partial charge on any atom is 0.193 e. The summed E-state index contributed by atoms with van der Waals surface area (Å²) in [5, 5.41) is 1.31. The summed E-state index contributed by atoms with van der Waals surface area (Å²) in [5.74, 6) is 0.731. The number of thioether (sulfide) groups is 1. The van der Waals surface area contributed by atoms with E-state index in [1.54, 1.807) is 17.8 Å². The first-order valence-electron chi connectivity index (χ1n) is 4.91. The van der Waals surface area contributed by atoms with Crippen LogP contribution in [-0.4, -0.2) is 10.8 Å². The fourth-order valence-electron chi connectivity index (χ4n) is 1.85. The van der Waals surface area contributed by atoms with Crippen molar-refractivity contribution in [2.75, 3.05) is 6.26 Å². The van der Waals surface area contributed by atoms with E-state index in [0.29, 0.717) is 10.4 Å². The number of hydrogen-bond acceptors (Lipinski definition) is 2. The van der Waals surface area contributed by atoms with E-state index in [1.807, 2.05) is 36.2 Å². The topological polar surface area (TPSA) is 22.0 Å². The Hall–Kier alpha value is -0.930. The molecule has 0 saturated carbocycles. The first kappa shape index (κ1) is 11.6. The Morgan fingerprint density at radius 2 is 2.19 bits per heavy atom. The molecule has 0 amide bonds. The molecule has 0 radical (unpaired) electrons. The molecule has 2 aromatic rings. The molecule has 0 saturated heterocycles. The van der Waals surface area contributed by atoms with Crippen LogP contribution in [0, 0.1) is 0 Å². The van der Waals surface area contributed by atoms with Crippen LogP contribution in [-0.2, 0) is 12.8 Å². The molecule has 16 heavy (non-hydrogen) atoms. The molecule has 0 unspecified atom stereocenters. The lowest BCUT2D eigenvalue weighted by Crippen LogP contribution is -2.12. The van der Waals surface area contributed by atoms with Gasteiger partial charge in [-0.25, -0.2) is 0 Å². The van der Waals surface area contributed by atoms with Crippen LogP contribution >= 0.6 is 23.4 Å². The maximum atomic E-state index is 12.1. The van der Waals surface area contributed by atoms with Gasteiger partial charge in [-0.2, -0.15) is 11.8 Å². The molecular weight excluding hydrogens is 242 g/mol. The zero-order chi connectivity index (χ0) is 11.7. The smallest absolute Gasteiger partial charge is 0.193 e. The molecule has 0 aliphatic carbocycles. The molecule has 84 valence electrons. The van der Waals surface area contributed by atoms with Crippen LogP contribution in [0.25, 0.3) is 10.9 Å². The van der Waals surface area contributed by atoms with Gasteiger partial charge in [0.2, 0.25) is 0 Å². The Bertz CT molecular complexity index is 591. The SMILES string of the molecule is CSCc1cn(C)c2c(Cl)cccc2c1=O. The van der Waals surface area contributed by atoms with Gasteiger partial charge in [0, 0.05) is 29.9 Å². The minimum atomic E-state index is 0.0879. The lowest BCUT2D eigenvalue weighted by molar-refractivity contribution is 0.937. The summed E-state index contributed by atoms with van der Waals surface area (Å²) < 4.78 is 1.92. The Kier molecular flexibility index (Phi) is 3.26. The molecule has 0 bridgehead atoms. The Morgan fingerprint density at radius 1 is 1.44 bits per heavy atom. The molecule has 0 N–H and O–H groups in total. The van der Waals surface area contributed by atoms with Gasteiger partial charge in [-0.3, -0.25) is 4.79 Å². The van der Waals surface area contributed by atoms with Gasteiger partial charge in [-0.15, -0.1) is 0 Å². The summed E-state index contributed by atoms with van der Waals surface area (Å²) in [6.07, 6.45) is 3.86. The van der Waals surface area contributed by atoms with Gasteiger partial charge >= 0.3 is 0 Å². The van der Waals surface area contributed by atoms with E-state index < -0.39 is 0 Å². The molecule has 0 fully saturated rings. The summed E-state index contributed by atoms with van der Waals surface area (Å²) in [6.45, 7) is 0. The number of benzene rings is 1. The van der Waals surface area contributed by atoms with Crippen molar-refractivity contribution in [1.82, 2.24) is 4.57 Å². The number of pyridine rings is 1. The third kappa shape index (κ3) is 1.85. The molecule has 1 aromatic carbocycles. The number of hydrogen-bond donors (Lipinski definition) is 0. The summed E-state index contributed by atoms with van der Waals surface area (Å²) >= 11 is 7.74. The lowest BCUT2D eigenvalue weighted by Gasteiger charge is -2.09. The molecule has 1 heterocycles. The van der Waals surface area contributed by atoms with Crippen LogP contribution in [0.4, 0.5) is 0 Å². The van der Waals surface area contributed by atoms with Crippen molar-refractivity contribution in [3.63, 3.8) is 0 Å². The standard InChI is InChI=1S/C12H12ClNOS/c1-14-6-8(7-16-2)12(15)9-4-3-5-10(13)11(9)14/h3-6H,7H2,1-2H3. The first-order valence-corrected chi connectivity index (χ1v) is 6.68. The number of para-hydroxylation sites is 1. The van der Waals surface area contributed by atoms with Crippen molar-refractivity contribution in [3.8, 4) is 0 Å². The highest BCUT2D eigenvalue weighted by Crippen LogP contribution is 2.21. The zero-order valence-electron chi connectivity index (χ0n) is 9.16. The minimum Gasteiger partial charge on any atom is -0.349 e. The molecule has 2 rings (SSSR count). The summed E-state index contributed by atoms with van der Waals surface area (Å²) in [4.78, 5) is 12.1. The number of nitrogens with zero attached hydrogens (tertiary/aromatic N) is 1. The van der Waals surface area contributed by atoms with Crippen molar-refractivity contribution in [1.29, 1.82) is 0 Å². The van der Waals surface area contributed by atoms with E-state index in [1.165, 1.54) is 0 Å². The highest BCUT2D eigenvalue weighted by atomic mass is 35.5. The number of aryl methyl sites for hydroxylation is 1. The van der Waals surface area contributed by atoms with Gasteiger partial charge in [0.05, 0.1) is 10.5 Å². The van der Waals surface area contributed by atoms with E-state index in [4.69, 9.17) is 11.6 Å². The second-order valence-electron chi connectivity index (χ2n) is 3.66. The predicted octanol–water partition coefficient (Wildman–Crippen LogP) is 3.05. The van der Waals surface area contributed by atoms with Crippen molar-refractivity contribution in [2.45, 2.75) is 5.75 Å². The molecule has 0 aliphatic heterocycles. The van der Waals surface area contributed by atoms with Crippen molar-refractivity contribution >= 4 is 34.3 Å². The summed E-state index contributed by atoms with van der Waals surface area (Å²) in [7, 11) is 1.91. The number of halogens is 1. The van der Waals surface area contributed by atoms with Crippen LogP contribution < -0.4 is 5.43 Å². The van der Waals surface area contributed by atoms with Crippen LogP contribution in [0.3, 0.4) is 0 Å². The highest BCUT2D eigenvalue weighted by molar-refractivity contribution is 7.97. The van der Waals surface area contributed by atoms with Crippen molar-refractivity contribution < 1.29 is 0 Å². The number of rotatable bonds is 2. The van der Waals surface area contributed by atoms with Gasteiger partial charge in [-0.1, -0.05) is 17.7 Å². The van der Waals surface area contributed by atoms with E-state index >= 15 is 0 Å². The van der Waals surface area contributed by atoms with E-state index in [-0.39, 0.29) is 5.43 Å². The predicted molar refractivity (Wildman–Crippen MR) is 71.4 cm³/mol. The lowest BCUT2D eigenvalue weighted by atomic mass is 10.1. The minimum absolute atomic E-state index is 0.0879. The van der Waals surface area contributed by atoms with Gasteiger partial charge in [0.25, 0.3) is 0 Å². The average Bonchev–Trinajstić information content (AvgIpc) is 2.25. The Balaban J connectivity index is 2.85. The Morgan fingerprint density at radius 3 is 2.88 bits per heavy atom. The first-order chi connectivity index (χ1) is 7.65. The zero-order valence-corrected chi connectivity index (χ0v) is 10.7. The fourth-order valence-corrected chi connectivity index (χ4v) is 2.67. The Labute approximate surface area is 103 Å². The van der Waals surface area contributed by atoms with Crippen LogP contribution in [0.1, 0.15) is 5.56 Å². The quantitative estimate of drug-likeness (QED) is 0.821. The second-order valence-corrected chi connectivity index (χ2v) is 4.94. The van der Waals surface area contributed by atoms with E-state index in [9.17, 15) is 4.79 Å². The molecular formula is C12H12ClNOS. The monoisotopic (exact) mass is 253 g/mol. The fraction of sp³-hybridized carbons (Fsp3) is 0.250. The third-order valence-electron chi connectivity index (χ3n) is 2.53. The van der Waals surface area contributed by atoms with Crippen LogP contribution in [0.5, 0.6) is 0 Å². The molecule has 2 nitrogen and oxygen atoms in total. The van der Waals surface area contributed by atoms with Gasteiger partial charge < -0.3 is 4.57 Å². The average molecular weight is 254 g/mol. The maximum absolute atomic E-state index is 12.1. The van der Waals surface area contributed by atoms with Crippen molar-refractivity contribution in [2.24, 2.45) is 7.05 Å².